The number of ketones is 1. The lowest BCUT2D eigenvalue weighted by molar-refractivity contribution is -0.373. The summed E-state index contributed by atoms with van der Waals surface area (Å²) in [5.74, 6) is -1.60. The number of Topliss-reactive ketones (excluding diaryl/α,β-unsaturated/α-hetero) is 1. The van der Waals surface area contributed by atoms with E-state index in [2.05, 4.69) is 39.0 Å². The molecule has 1 spiro atoms. The SMILES string of the molecule is COC(=O)C(C)=CCC12OC(C)(C)C3CC(C1=O)C1Sc4ccccc4N=C4c5c(O[C@@H]6O[C@@H]7COC(C)(C)O[C@H]7[C@H](O)[C@H]6O)c6c(c(CC=C(C)C)c5OC32C41)OC(C)(CCC=C(C)C)C=C6. The molecule has 2 N–H and O–H groups in total. The lowest BCUT2D eigenvalue weighted by Gasteiger charge is -2.63. The molecular weight excluding hydrogens is 887 g/mol. The molecule has 0 amide bonds. The van der Waals surface area contributed by atoms with E-state index in [0.717, 1.165) is 28.1 Å². The third-order valence-corrected chi connectivity index (χ3v) is 16.9. The number of nitrogens with zero attached hydrogens (tertiary/aromatic N) is 1. The van der Waals surface area contributed by atoms with Crippen LogP contribution in [0.1, 0.15) is 112 Å². The van der Waals surface area contributed by atoms with Crippen molar-refractivity contribution < 1.29 is 57.7 Å². The van der Waals surface area contributed by atoms with Gasteiger partial charge < -0.3 is 48.1 Å². The highest BCUT2D eigenvalue weighted by molar-refractivity contribution is 8.00. The molecule has 6 heterocycles. The summed E-state index contributed by atoms with van der Waals surface area (Å²) in [6.07, 6.45) is 6.66. The van der Waals surface area contributed by atoms with E-state index < -0.39 is 76.7 Å². The molecule has 3 saturated carbocycles. The van der Waals surface area contributed by atoms with Gasteiger partial charge in [0, 0.05) is 39.5 Å². The van der Waals surface area contributed by atoms with Gasteiger partial charge in [0.05, 0.1) is 47.8 Å². The zero-order valence-electron chi connectivity index (χ0n) is 41.0. The molecule has 0 aromatic heterocycles. The molecule has 13 nitrogen and oxygen atoms in total. The number of aliphatic hydroxyl groups is 2. The smallest absolute Gasteiger partial charge is 0.333 e. The normalized spacial score (nSPS) is 36.2. The number of hydrogen-bond acceptors (Lipinski definition) is 14. The fraction of sp³-hybridized carbons (Fsp3) is 0.574. The predicted octanol–water partition coefficient (Wildman–Crippen LogP) is 8.70. The van der Waals surface area contributed by atoms with E-state index in [9.17, 15) is 15.0 Å². The molecule has 3 saturated heterocycles. The second-order valence-electron chi connectivity index (χ2n) is 21.5. The number of fused-ring (bicyclic) bond motifs is 5. The summed E-state index contributed by atoms with van der Waals surface area (Å²) in [7, 11) is 1.34. The van der Waals surface area contributed by atoms with Crippen LogP contribution < -0.4 is 14.2 Å². The van der Waals surface area contributed by atoms with Gasteiger partial charge in [-0.05, 0) is 119 Å². The largest absolute Gasteiger partial charge is 0.482 e. The number of rotatable bonds is 10. The first-order valence-electron chi connectivity index (χ1n) is 24.1. The summed E-state index contributed by atoms with van der Waals surface area (Å²) in [5.41, 5.74) is 1.46. The summed E-state index contributed by atoms with van der Waals surface area (Å²) in [4.78, 5) is 35.3. The Morgan fingerprint density at radius 3 is 2.46 bits per heavy atom. The van der Waals surface area contributed by atoms with Crippen molar-refractivity contribution in [1.82, 2.24) is 0 Å². The van der Waals surface area contributed by atoms with Crippen molar-refractivity contribution in [2.24, 2.45) is 22.7 Å². The number of esters is 1. The average molecular weight is 952 g/mol. The van der Waals surface area contributed by atoms with Crippen molar-refractivity contribution in [2.45, 2.75) is 170 Å². The zero-order chi connectivity index (χ0) is 48.5. The predicted molar refractivity (Wildman–Crippen MR) is 257 cm³/mol. The Bertz CT molecular complexity index is 2600. The van der Waals surface area contributed by atoms with E-state index in [1.165, 1.54) is 12.7 Å². The lowest BCUT2D eigenvalue weighted by atomic mass is 9.46. The quantitative estimate of drug-likeness (QED) is 0.132. The van der Waals surface area contributed by atoms with Crippen molar-refractivity contribution in [2.75, 3.05) is 13.7 Å². The number of methoxy groups -OCH3 is 1. The van der Waals surface area contributed by atoms with Gasteiger partial charge in [0.1, 0.15) is 47.3 Å². The van der Waals surface area contributed by atoms with E-state index >= 15 is 4.79 Å². The Balaban J connectivity index is 1.26. The molecule has 2 aromatic rings. The molecule has 6 fully saturated rings. The maximum atomic E-state index is 15.7. The van der Waals surface area contributed by atoms with Crippen LogP contribution in [-0.2, 0) is 39.7 Å². The van der Waals surface area contributed by atoms with Crippen molar-refractivity contribution in [3.8, 4) is 17.2 Å². The van der Waals surface area contributed by atoms with E-state index in [1.807, 2.05) is 58.0 Å². The van der Waals surface area contributed by atoms with Crippen LogP contribution in [0.25, 0.3) is 6.08 Å². The van der Waals surface area contributed by atoms with Crippen LogP contribution in [0, 0.1) is 17.8 Å². The number of benzene rings is 2. The van der Waals surface area contributed by atoms with Crippen LogP contribution in [0.2, 0.25) is 0 Å². The first-order chi connectivity index (χ1) is 32.1. The van der Waals surface area contributed by atoms with E-state index in [0.29, 0.717) is 58.9 Å². The molecule has 7 unspecified atom stereocenters. The van der Waals surface area contributed by atoms with Gasteiger partial charge in [0.2, 0.25) is 6.29 Å². The lowest BCUT2D eigenvalue weighted by Crippen LogP contribution is -2.79. The Labute approximate surface area is 403 Å². The number of allylic oxidation sites excluding steroid dienone is 4. The van der Waals surface area contributed by atoms with E-state index in [-0.39, 0.29) is 30.0 Å². The Kier molecular flexibility index (Phi) is 11.6. The van der Waals surface area contributed by atoms with Crippen LogP contribution in [0.4, 0.5) is 5.69 Å². The number of aliphatic hydroxyl groups excluding tert-OH is 2. The van der Waals surface area contributed by atoms with Gasteiger partial charge in [-0.15, -0.1) is 11.8 Å². The molecule has 6 aliphatic heterocycles. The highest BCUT2D eigenvalue weighted by atomic mass is 32.2. The van der Waals surface area contributed by atoms with Gasteiger partial charge in [-0.3, -0.25) is 9.79 Å². The topological polar surface area (TPSA) is 161 Å². The summed E-state index contributed by atoms with van der Waals surface area (Å²) in [6, 6.07) is 7.99. The summed E-state index contributed by atoms with van der Waals surface area (Å²) in [5, 5.41) is 23.4. The summed E-state index contributed by atoms with van der Waals surface area (Å²) < 4.78 is 53.5. The van der Waals surface area contributed by atoms with Crippen molar-refractivity contribution >= 4 is 41.0 Å². The van der Waals surface area contributed by atoms with Crippen molar-refractivity contribution in [3.05, 3.63) is 82.0 Å². The maximum absolute atomic E-state index is 15.7. The minimum absolute atomic E-state index is 0.0575. The summed E-state index contributed by atoms with van der Waals surface area (Å²) >= 11 is 1.65. The molecule has 68 heavy (non-hydrogen) atoms. The number of hydrogen-bond donors (Lipinski definition) is 2. The Morgan fingerprint density at radius 2 is 1.72 bits per heavy atom. The Hall–Kier alpha value is -4.28. The van der Waals surface area contributed by atoms with Crippen LogP contribution in [-0.4, -0.2) is 106 Å². The highest BCUT2D eigenvalue weighted by Gasteiger charge is 2.85. The van der Waals surface area contributed by atoms with Gasteiger partial charge >= 0.3 is 5.97 Å². The first-order valence-corrected chi connectivity index (χ1v) is 24.9. The molecule has 14 heteroatoms. The van der Waals surface area contributed by atoms with E-state index in [4.69, 9.17) is 42.9 Å². The second kappa shape index (κ2) is 16.7. The minimum Gasteiger partial charge on any atom is -0.482 e. The van der Waals surface area contributed by atoms with Crippen molar-refractivity contribution in [3.63, 3.8) is 0 Å². The van der Waals surface area contributed by atoms with E-state index in [1.54, 1.807) is 38.6 Å². The molecule has 364 valence electrons. The molecule has 12 atom stereocenters. The molecule has 11 rings (SSSR count). The second-order valence-corrected chi connectivity index (χ2v) is 22.8. The first kappa shape index (κ1) is 47.4. The van der Waals surface area contributed by atoms with Gasteiger partial charge in [-0.25, -0.2) is 4.79 Å². The average Bonchev–Trinajstić information content (AvgIpc) is 3.36. The number of carbonyl (C=O) groups is 2. The third kappa shape index (κ3) is 7.29. The fourth-order valence-corrected chi connectivity index (χ4v) is 13.8. The monoisotopic (exact) mass is 951 g/mol. The minimum atomic E-state index is -1.54. The van der Waals surface area contributed by atoms with Crippen LogP contribution >= 0.6 is 11.8 Å². The standard InChI is InChI=1S/C54H65NO12S/c1-27(2)15-14-22-52(10)23-21-31-42(65-52)30(19-18-28(3)4)44-37(43(31)63-49-41(57)40(56)45-34(62-49)26-61-51(8,9)64-45)39-38-46(68-35-17-13-12-16-33(35)55-39)32-25-36-50(6,7)67-53(47(32)58,54(36,38)66-44)24-20-29(5)48(59)60-11/h12-13,15-18,20-21,23,32,34,36,38,40-41,45-46,49,56-57H,14,19,22,24-26H2,1-11H3/t32?,34-,36?,38?,40-,41-,45-,46?,49+,52?,53?,54?/m1/s1. The van der Waals surface area contributed by atoms with Crippen molar-refractivity contribution in [1.29, 1.82) is 0 Å². The molecule has 3 aliphatic carbocycles. The van der Waals surface area contributed by atoms with Gasteiger partial charge in [0.15, 0.2) is 22.8 Å². The summed E-state index contributed by atoms with van der Waals surface area (Å²) in [6.45, 7) is 19.7. The number of thioether (sulfide) groups is 1. The third-order valence-electron chi connectivity index (χ3n) is 15.5. The van der Waals surface area contributed by atoms with Crippen LogP contribution in [0.15, 0.2) is 75.2 Å². The molecule has 2 aromatic carbocycles. The fourth-order valence-electron chi connectivity index (χ4n) is 12.3. The number of ether oxygens (including phenoxy) is 8. The molecular formula is C54H65NO12S. The highest BCUT2D eigenvalue weighted by Crippen LogP contribution is 2.73. The molecule has 9 aliphatic rings. The maximum Gasteiger partial charge on any atom is 0.333 e. The van der Waals surface area contributed by atoms with Gasteiger partial charge in [0.25, 0.3) is 0 Å². The number of para-hydroxylation sites is 1. The molecule has 4 bridgehead atoms. The number of carbonyl (C=O) groups excluding carboxylic acids is 2. The van der Waals surface area contributed by atoms with Gasteiger partial charge in [-0.2, -0.15) is 0 Å². The Morgan fingerprint density at radius 1 is 0.971 bits per heavy atom. The molecule has 0 radical (unpaired) electrons. The number of aliphatic imine (C=N–C) groups is 1. The zero-order valence-corrected chi connectivity index (χ0v) is 41.8. The van der Waals surface area contributed by atoms with Crippen LogP contribution in [0.3, 0.4) is 0 Å². The van der Waals surface area contributed by atoms with Gasteiger partial charge in [-0.1, -0.05) is 41.5 Å². The van der Waals surface area contributed by atoms with Crippen LogP contribution in [0.5, 0.6) is 17.2 Å².